The van der Waals surface area contributed by atoms with Gasteiger partial charge in [-0.05, 0) is 12.3 Å². The highest BCUT2D eigenvalue weighted by atomic mass is 35.5. The Morgan fingerprint density at radius 2 is 1.94 bits per heavy atom. The average Bonchev–Trinajstić information content (AvgIpc) is 2.56. The van der Waals surface area contributed by atoms with E-state index in [-0.39, 0.29) is 21.6 Å². The van der Waals surface area contributed by atoms with Gasteiger partial charge in [0.15, 0.2) is 0 Å². The molecule has 7 heteroatoms. The van der Waals surface area contributed by atoms with Crippen LogP contribution in [0.15, 0.2) is 11.4 Å². The van der Waals surface area contributed by atoms with E-state index in [1.807, 2.05) is 27.7 Å². The zero-order chi connectivity index (χ0) is 14.3. The molecule has 0 aromatic carbocycles. The van der Waals surface area contributed by atoms with Crippen molar-refractivity contribution in [1.82, 2.24) is 13.9 Å². The summed E-state index contributed by atoms with van der Waals surface area (Å²) < 4.78 is 27.6. The van der Waals surface area contributed by atoms with Crippen molar-refractivity contribution in [1.29, 1.82) is 0 Å². The van der Waals surface area contributed by atoms with E-state index < -0.39 is 10.0 Å². The molecular weight excluding hydrogens is 274 g/mol. The summed E-state index contributed by atoms with van der Waals surface area (Å²) in [6.07, 6.45) is 1.39. The van der Waals surface area contributed by atoms with Crippen molar-refractivity contribution in [2.45, 2.75) is 38.8 Å². The van der Waals surface area contributed by atoms with Crippen LogP contribution in [0, 0.1) is 5.41 Å². The van der Waals surface area contributed by atoms with E-state index in [0.717, 1.165) is 0 Å². The van der Waals surface area contributed by atoms with Gasteiger partial charge < -0.3 is 4.57 Å². The zero-order valence-electron chi connectivity index (χ0n) is 11.6. The Morgan fingerprint density at radius 3 is 2.28 bits per heavy atom. The van der Waals surface area contributed by atoms with Crippen LogP contribution in [0.5, 0.6) is 0 Å². The topological polar surface area (TPSA) is 55.2 Å². The minimum absolute atomic E-state index is 0.0923. The Bertz CT molecular complexity index is 531. The molecule has 0 saturated carbocycles. The van der Waals surface area contributed by atoms with Crippen molar-refractivity contribution in [2.24, 2.45) is 12.5 Å². The number of imidazole rings is 1. The lowest BCUT2D eigenvalue weighted by Gasteiger charge is -2.34. The molecule has 0 saturated heterocycles. The van der Waals surface area contributed by atoms with Gasteiger partial charge in [0.05, 0.1) is 6.33 Å². The van der Waals surface area contributed by atoms with Crippen LogP contribution in [0.1, 0.15) is 27.7 Å². The number of hydrogen-bond acceptors (Lipinski definition) is 3. The fraction of sp³-hybridized carbons (Fsp3) is 0.727. The Labute approximate surface area is 114 Å². The smallest absolute Gasteiger partial charge is 0.263 e. The first-order valence-corrected chi connectivity index (χ1v) is 7.46. The van der Waals surface area contributed by atoms with Crippen molar-refractivity contribution in [3.05, 3.63) is 11.5 Å². The van der Waals surface area contributed by atoms with E-state index in [9.17, 15) is 8.42 Å². The van der Waals surface area contributed by atoms with Gasteiger partial charge in [0.25, 0.3) is 10.0 Å². The molecule has 0 spiro atoms. The summed E-state index contributed by atoms with van der Waals surface area (Å²) in [4.78, 5) is 3.87. The molecule has 0 N–H and O–H groups in total. The fourth-order valence-corrected chi connectivity index (χ4v) is 3.38. The number of aryl methyl sites for hydroxylation is 1. The molecule has 0 fully saturated rings. The summed E-state index contributed by atoms with van der Waals surface area (Å²) in [6, 6.07) is -0.166. The molecule has 1 unspecified atom stereocenters. The Kier molecular flexibility index (Phi) is 4.15. The molecule has 1 heterocycles. The minimum Gasteiger partial charge on any atom is -0.324 e. The van der Waals surface area contributed by atoms with Crippen molar-refractivity contribution < 1.29 is 8.42 Å². The molecule has 104 valence electrons. The molecule has 0 aliphatic carbocycles. The standard InChI is InChI=1S/C11H20ClN3O2S/c1-8(11(2,3)4)15(6)18(16,17)10-9(12)14(5)7-13-10/h7-8H,1-6H3. The molecule has 0 amide bonds. The molecule has 1 aromatic heterocycles. The number of aromatic nitrogens is 2. The third kappa shape index (κ3) is 2.70. The normalized spacial score (nSPS) is 15.1. The SMILES string of the molecule is CC(N(C)S(=O)(=O)c1ncn(C)c1Cl)C(C)(C)C. The van der Waals surface area contributed by atoms with Gasteiger partial charge in [0.2, 0.25) is 5.03 Å². The molecular formula is C11H20ClN3O2S. The molecule has 18 heavy (non-hydrogen) atoms. The van der Waals surface area contributed by atoms with Gasteiger partial charge in [-0.3, -0.25) is 0 Å². The summed E-state index contributed by atoms with van der Waals surface area (Å²) in [6.45, 7) is 7.84. The van der Waals surface area contributed by atoms with E-state index >= 15 is 0 Å². The first-order chi connectivity index (χ1) is 7.99. The van der Waals surface area contributed by atoms with Gasteiger partial charge in [-0.1, -0.05) is 32.4 Å². The van der Waals surface area contributed by atoms with Crippen LogP contribution in [0.25, 0.3) is 0 Å². The highest BCUT2D eigenvalue weighted by molar-refractivity contribution is 7.89. The van der Waals surface area contributed by atoms with Crippen LogP contribution in [-0.2, 0) is 17.1 Å². The number of halogens is 1. The number of rotatable bonds is 3. The minimum atomic E-state index is -3.66. The Hall–Kier alpha value is -0.590. The van der Waals surface area contributed by atoms with Gasteiger partial charge in [-0.25, -0.2) is 13.4 Å². The third-order valence-electron chi connectivity index (χ3n) is 3.26. The lowest BCUT2D eigenvalue weighted by molar-refractivity contribution is 0.216. The van der Waals surface area contributed by atoms with E-state index in [0.29, 0.717) is 0 Å². The highest BCUT2D eigenvalue weighted by Gasteiger charge is 2.35. The van der Waals surface area contributed by atoms with E-state index in [1.165, 1.54) is 15.2 Å². The third-order valence-corrected chi connectivity index (χ3v) is 5.68. The summed E-state index contributed by atoms with van der Waals surface area (Å²) in [5.74, 6) is 0. The number of hydrogen-bond donors (Lipinski definition) is 0. The summed E-state index contributed by atoms with van der Waals surface area (Å²) in [5.41, 5.74) is -0.164. The highest BCUT2D eigenvalue weighted by Crippen LogP contribution is 2.29. The van der Waals surface area contributed by atoms with Gasteiger partial charge in [0, 0.05) is 20.1 Å². The van der Waals surface area contributed by atoms with Crippen molar-refractivity contribution in [2.75, 3.05) is 7.05 Å². The fourth-order valence-electron chi connectivity index (χ4n) is 1.46. The van der Waals surface area contributed by atoms with E-state index in [2.05, 4.69) is 4.98 Å². The largest absolute Gasteiger partial charge is 0.324 e. The lowest BCUT2D eigenvalue weighted by atomic mass is 9.88. The predicted octanol–water partition coefficient (Wildman–Crippen LogP) is 2.13. The zero-order valence-corrected chi connectivity index (χ0v) is 13.2. The second kappa shape index (κ2) is 4.83. The van der Waals surface area contributed by atoms with Crippen LogP contribution in [0.2, 0.25) is 5.15 Å². The van der Waals surface area contributed by atoms with Crippen molar-refractivity contribution in [3.8, 4) is 0 Å². The second-order valence-corrected chi connectivity index (χ2v) is 7.79. The van der Waals surface area contributed by atoms with Gasteiger partial charge in [-0.15, -0.1) is 0 Å². The van der Waals surface area contributed by atoms with E-state index in [4.69, 9.17) is 11.6 Å². The summed E-state index contributed by atoms with van der Waals surface area (Å²) in [7, 11) is -0.456. The molecule has 0 radical (unpaired) electrons. The van der Waals surface area contributed by atoms with Crippen LogP contribution < -0.4 is 0 Å². The maximum atomic E-state index is 12.4. The van der Waals surface area contributed by atoms with Crippen LogP contribution in [0.4, 0.5) is 0 Å². The Balaban J connectivity index is 3.20. The number of sulfonamides is 1. The average molecular weight is 294 g/mol. The summed E-state index contributed by atoms with van der Waals surface area (Å²) in [5, 5.41) is 0.0354. The monoisotopic (exact) mass is 293 g/mol. The molecule has 1 aromatic rings. The quantitative estimate of drug-likeness (QED) is 0.858. The molecule has 0 aliphatic heterocycles. The Morgan fingerprint density at radius 1 is 1.44 bits per heavy atom. The van der Waals surface area contributed by atoms with Crippen LogP contribution in [0.3, 0.4) is 0 Å². The first kappa shape index (κ1) is 15.5. The van der Waals surface area contributed by atoms with Gasteiger partial charge >= 0.3 is 0 Å². The van der Waals surface area contributed by atoms with Crippen LogP contribution >= 0.6 is 11.6 Å². The van der Waals surface area contributed by atoms with Crippen LogP contribution in [-0.4, -0.2) is 35.4 Å². The van der Waals surface area contributed by atoms with E-state index in [1.54, 1.807) is 14.1 Å². The lowest BCUT2D eigenvalue weighted by Crippen LogP contribution is -2.43. The second-order valence-electron chi connectivity index (χ2n) is 5.51. The summed E-state index contributed by atoms with van der Waals surface area (Å²) >= 11 is 5.95. The molecule has 0 aliphatic rings. The maximum Gasteiger partial charge on any atom is 0.263 e. The molecule has 0 bridgehead atoms. The molecule has 1 atom stereocenters. The maximum absolute atomic E-state index is 12.4. The van der Waals surface area contributed by atoms with Crippen molar-refractivity contribution in [3.63, 3.8) is 0 Å². The molecule has 1 rings (SSSR count). The number of nitrogens with zero attached hydrogens (tertiary/aromatic N) is 3. The first-order valence-electron chi connectivity index (χ1n) is 5.64. The van der Waals surface area contributed by atoms with Gasteiger partial charge in [0.1, 0.15) is 5.15 Å². The molecule has 5 nitrogen and oxygen atoms in total. The van der Waals surface area contributed by atoms with Crippen molar-refractivity contribution >= 4 is 21.6 Å². The van der Waals surface area contributed by atoms with Gasteiger partial charge in [-0.2, -0.15) is 4.31 Å². The predicted molar refractivity (Wildman–Crippen MR) is 72.1 cm³/mol.